The number of aliphatic hydroxyl groups is 11. The molecular formula is C69H111NO18. The van der Waals surface area contributed by atoms with E-state index in [-0.39, 0.29) is 18.9 Å². The zero-order chi connectivity index (χ0) is 64.0. The average molecular weight is 1240 g/mol. The quantitative estimate of drug-likeness (QED) is 0.0208. The minimum atomic E-state index is -1.99. The van der Waals surface area contributed by atoms with Crippen molar-refractivity contribution in [3.63, 3.8) is 0 Å². The number of hydrogen-bond donors (Lipinski definition) is 12. The van der Waals surface area contributed by atoms with Crippen LogP contribution in [0.25, 0.3) is 0 Å². The molecule has 1 amide bonds. The molecule has 0 aromatic rings. The topological polar surface area (TPSA) is 307 Å². The van der Waals surface area contributed by atoms with Gasteiger partial charge in [0.1, 0.15) is 73.2 Å². The second kappa shape index (κ2) is 49.6. The Morgan fingerprint density at radius 1 is 0.420 bits per heavy atom. The van der Waals surface area contributed by atoms with E-state index in [9.17, 15) is 61.0 Å². The average Bonchev–Trinajstić information content (AvgIpc) is 1.54. The fraction of sp³-hybridized carbons (Fsp3) is 0.667. The van der Waals surface area contributed by atoms with Crippen molar-refractivity contribution in [1.82, 2.24) is 5.32 Å². The smallest absolute Gasteiger partial charge is 0.220 e. The van der Waals surface area contributed by atoms with E-state index in [0.29, 0.717) is 12.8 Å². The summed E-state index contributed by atoms with van der Waals surface area (Å²) in [5, 5.41) is 120. The molecule has 17 unspecified atom stereocenters. The number of aliphatic hydroxyl groups excluding tert-OH is 11. The molecule has 88 heavy (non-hydrogen) atoms. The van der Waals surface area contributed by atoms with E-state index < -0.39 is 124 Å². The molecule has 12 N–H and O–H groups in total. The van der Waals surface area contributed by atoms with Gasteiger partial charge in [-0.2, -0.15) is 0 Å². The Balaban J connectivity index is 1.42. The van der Waals surface area contributed by atoms with Crippen LogP contribution in [0.3, 0.4) is 0 Å². The lowest BCUT2D eigenvalue weighted by Gasteiger charge is -2.48. The highest BCUT2D eigenvalue weighted by atomic mass is 16.8. The summed E-state index contributed by atoms with van der Waals surface area (Å²) in [5.74, 6) is -0.314. The maximum atomic E-state index is 13.3. The fourth-order valence-corrected chi connectivity index (χ4v) is 9.87. The third-order valence-corrected chi connectivity index (χ3v) is 15.2. The molecule has 0 aliphatic carbocycles. The van der Waals surface area contributed by atoms with Gasteiger partial charge in [0.15, 0.2) is 18.9 Å². The first-order chi connectivity index (χ1) is 42.8. The zero-order valence-electron chi connectivity index (χ0n) is 52.4. The van der Waals surface area contributed by atoms with Crippen molar-refractivity contribution in [2.24, 2.45) is 0 Å². The van der Waals surface area contributed by atoms with Crippen LogP contribution in [0.4, 0.5) is 0 Å². The Morgan fingerprint density at radius 3 is 1.27 bits per heavy atom. The number of amides is 1. The van der Waals surface area contributed by atoms with E-state index in [2.05, 4.69) is 141 Å². The number of rotatable bonds is 46. The molecule has 0 bridgehead atoms. The third kappa shape index (κ3) is 31.8. The van der Waals surface area contributed by atoms with Gasteiger partial charge < -0.3 is 89.9 Å². The highest BCUT2D eigenvalue weighted by molar-refractivity contribution is 5.76. The van der Waals surface area contributed by atoms with E-state index in [1.807, 2.05) is 6.08 Å². The lowest BCUT2D eigenvalue weighted by Crippen LogP contribution is -2.66. The summed E-state index contributed by atoms with van der Waals surface area (Å²) < 4.78 is 34.2. The molecular weight excluding hydrogens is 1130 g/mol. The molecule has 17 atom stereocenters. The second-order valence-electron chi connectivity index (χ2n) is 22.5. The summed E-state index contributed by atoms with van der Waals surface area (Å²) >= 11 is 0. The molecule has 19 heteroatoms. The van der Waals surface area contributed by atoms with Gasteiger partial charge in [-0.15, -0.1) is 0 Å². The highest BCUT2D eigenvalue weighted by Crippen LogP contribution is 2.33. The maximum Gasteiger partial charge on any atom is 0.220 e. The van der Waals surface area contributed by atoms with E-state index in [0.717, 1.165) is 116 Å². The molecule has 3 rings (SSSR count). The van der Waals surface area contributed by atoms with Crippen molar-refractivity contribution in [1.29, 1.82) is 0 Å². The van der Waals surface area contributed by atoms with E-state index >= 15 is 0 Å². The number of nitrogens with one attached hydrogen (secondary N) is 1. The molecule has 0 radical (unpaired) electrons. The molecule has 3 aliphatic heterocycles. The summed E-state index contributed by atoms with van der Waals surface area (Å²) in [6, 6.07) is -1.01. The first kappa shape index (κ1) is 78.2. The Bertz CT molecular complexity index is 2120. The van der Waals surface area contributed by atoms with Crippen LogP contribution in [0.2, 0.25) is 0 Å². The molecule has 3 saturated heterocycles. The summed E-state index contributed by atoms with van der Waals surface area (Å²) in [6.07, 6.45) is 41.5. The minimum absolute atomic E-state index is 0.205. The van der Waals surface area contributed by atoms with E-state index in [1.165, 1.54) is 12.8 Å². The fourth-order valence-electron chi connectivity index (χ4n) is 9.87. The van der Waals surface area contributed by atoms with Crippen LogP contribution in [-0.4, -0.2) is 193 Å². The van der Waals surface area contributed by atoms with Crippen LogP contribution in [0.15, 0.2) is 134 Å². The van der Waals surface area contributed by atoms with Crippen LogP contribution in [0.1, 0.15) is 162 Å². The maximum absolute atomic E-state index is 13.3. The van der Waals surface area contributed by atoms with Crippen LogP contribution >= 0.6 is 0 Å². The molecule has 0 aromatic carbocycles. The van der Waals surface area contributed by atoms with Gasteiger partial charge in [0.05, 0.1) is 38.6 Å². The number of ether oxygens (including phenoxy) is 6. The predicted octanol–water partition coefficient (Wildman–Crippen LogP) is 7.43. The number of hydrogen-bond acceptors (Lipinski definition) is 18. The molecule has 3 fully saturated rings. The van der Waals surface area contributed by atoms with Crippen molar-refractivity contribution >= 4 is 5.91 Å². The Hall–Kier alpha value is -4.07. The van der Waals surface area contributed by atoms with Crippen molar-refractivity contribution in [2.75, 3.05) is 26.4 Å². The summed E-state index contributed by atoms with van der Waals surface area (Å²) in [7, 11) is 0. The first-order valence-corrected chi connectivity index (χ1v) is 32.4. The Morgan fingerprint density at radius 2 is 0.795 bits per heavy atom. The molecule has 500 valence electrons. The normalized spacial score (nSPS) is 29.3. The first-order valence-electron chi connectivity index (χ1n) is 32.4. The standard InChI is InChI=1S/C69H111NO18/c1-3-5-7-9-11-13-15-17-18-19-20-21-22-23-24-25-26-27-28-29-30-31-32-33-34-35-37-39-41-43-45-47-57(75)70-52(53(74)46-44-42-40-38-36-16-14-12-10-8-6-4-2)51-83-67-63(81)60(78)65(55(49-72)85-67)88-69-64(82)61(79)66(56(50-73)86-69)87-68-62(80)59(77)58(76)54(48-71)84-68/h5,7,10-13,17-18,20-21,23-24,26-27,29-30,32-33,36,38,44,46,52-56,58-69,71-74,76-82H,3-4,6,8-9,14-16,19,22,25,28,31,34-35,37,39-43,45,47-51H2,1-2H3,(H,70,75)/b7-5-,12-10+,13-11-,18-17-,21-20-,24-23-,27-26-,30-29-,33-32-,38-36+,46-44+. The van der Waals surface area contributed by atoms with Gasteiger partial charge in [0.25, 0.3) is 0 Å². The summed E-state index contributed by atoms with van der Waals surface area (Å²) in [4.78, 5) is 13.3. The predicted molar refractivity (Wildman–Crippen MR) is 341 cm³/mol. The Kier molecular flexibility index (Phi) is 44.1. The number of carbonyl (C=O) groups is 1. The SMILES string of the molecule is CC/C=C\C/C=C\C/C=C\C/C=C\C/C=C\C/C=C\C/C=C\C/C=C\CCCCCCCCC(=O)NC(COC1OC(CO)C(OC2OC(CO)C(OC3OC(CO)C(O)C(O)C3O)C(O)C2O)C(O)C1O)C(O)/C=C/CC/C=C/CC/C=C/CCCC. The highest BCUT2D eigenvalue weighted by Gasteiger charge is 2.53. The van der Waals surface area contributed by atoms with E-state index in [1.54, 1.807) is 6.08 Å². The van der Waals surface area contributed by atoms with Gasteiger partial charge in [-0.05, 0) is 103 Å². The van der Waals surface area contributed by atoms with Crippen LogP contribution < -0.4 is 5.32 Å². The van der Waals surface area contributed by atoms with Crippen molar-refractivity contribution in [2.45, 2.75) is 266 Å². The van der Waals surface area contributed by atoms with Gasteiger partial charge in [-0.25, -0.2) is 0 Å². The van der Waals surface area contributed by atoms with Gasteiger partial charge in [0, 0.05) is 6.42 Å². The molecule has 3 heterocycles. The van der Waals surface area contributed by atoms with Crippen LogP contribution in [0, 0.1) is 0 Å². The van der Waals surface area contributed by atoms with E-state index in [4.69, 9.17) is 28.4 Å². The number of carbonyl (C=O) groups excluding carboxylic acids is 1. The van der Waals surface area contributed by atoms with Crippen LogP contribution in [0.5, 0.6) is 0 Å². The van der Waals surface area contributed by atoms with Crippen LogP contribution in [-0.2, 0) is 33.2 Å². The number of unbranched alkanes of at least 4 members (excludes halogenated alkanes) is 10. The lowest BCUT2D eigenvalue weighted by atomic mass is 9.96. The summed E-state index contributed by atoms with van der Waals surface area (Å²) in [5.41, 5.74) is 0. The number of allylic oxidation sites excluding steroid dienone is 21. The van der Waals surface area contributed by atoms with Crippen molar-refractivity contribution < 1.29 is 89.4 Å². The Labute approximate surface area is 524 Å². The molecule has 0 aromatic heterocycles. The monoisotopic (exact) mass is 1240 g/mol. The van der Waals surface area contributed by atoms with Gasteiger partial charge in [-0.1, -0.05) is 186 Å². The molecule has 0 saturated carbocycles. The third-order valence-electron chi connectivity index (χ3n) is 15.2. The molecule has 3 aliphatic rings. The summed E-state index contributed by atoms with van der Waals surface area (Å²) in [6.45, 7) is 1.48. The lowest BCUT2D eigenvalue weighted by molar-refractivity contribution is -0.379. The van der Waals surface area contributed by atoms with Gasteiger partial charge in [-0.3, -0.25) is 4.79 Å². The van der Waals surface area contributed by atoms with Crippen molar-refractivity contribution in [3.8, 4) is 0 Å². The van der Waals surface area contributed by atoms with Gasteiger partial charge >= 0.3 is 0 Å². The molecule has 0 spiro atoms. The zero-order valence-corrected chi connectivity index (χ0v) is 52.4. The largest absolute Gasteiger partial charge is 0.394 e. The van der Waals surface area contributed by atoms with Gasteiger partial charge in [0.2, 0.25) is 5.91 Å². The minimum Gasteiger partial charge on any atom is -0.394 e. The second-order valence-corrected chi connectivity index (χ2v) is 22.5. The molecule has 19 nitrogen and oxygen atoms in total. The van der Waals surface area contributed by atoms with Crippen molar-refractivity contribution in [3.05, 3.63) is 134 Å².